The lowest BCUT2D eigenvalue weighted by Gasteiger charge is -2.04. The second kappa shape index (κ2) is 11.4. The van der Waals surface area contributed by atoms with Crippen LogP contribution in [0.3, 0.4) is 0 Å². The van der Waals surface area contributed by atoms with Gasteiger partial charge in [-0.25, -0.2) is 0 Å². The molecule has 0 aromatic heterocycles. The lowest BCUT2D eigenvalue weighted by atomic mass is 10.1. The Morgan fingerprint density at radius 2 is 1.57 bits per heavy atom. The third-order valence-corrected chi connectivity index (χ3v) is 3.61. The molecule has 0 saturated heterocycles. The van der Waals surface area contributed by atoms with Crippen LogP contribution in [0.1, 0.15) is 58.8 Å². The molecule has 0 fully saturated rings. The SMILES string of the molecule is CCCCCCCCCSCC(C)N. The predicted octanol–water partition coefficient (Wildman–Crippen LogP) is 3.82. The van der Waals surface area contributed by atoms with Crippen LogP contribution in [-0.2, 0) is 0 Å². The minimum Gasteiger partial charge on any atom is -0.327 e. The number of thioether (sulfide) groups is 1. The molecular weight excluding hydrogens is 190 g/mol. The molecule has 0 aromatic carbocycles. The summed E-state index contributed by atoms with van der Waals surface area (Å²) >= 11 is 2.00. The van der Waals surface area contributed by atoms with Gasteiger partial charge in [0, 0.05) is 11.8 Å². The zero-order valence-corrected chi connectivity index (χ0v) is 10.7. The molecule has 0 bridgehead atoms. The highest BCUT2D eigenvalue weighted by molar-refractivity contribution is 7.99. The molecule has 0 amide bonds. The molecule has 14 heavy (non-hydrogen) atoms. The largest absolute Gasteiger partial charge is 0.327 e. The fraction of sp³-hybridized carbons (Fsp3) is 1.00. The van der Waals surface area contributed by atoms with Gasteiger partial charge >= 0.3 is 0 Å². The maximum Gasteiger partial charge on any atom is 0.0101 e. The van der Waals surface area contributed by atoms with Crippen LogP contribution in [0.5, 0.6) is 0 Å². The van der Waals surface area contributed by atoms with Crippen molar-refractivity contribution in [1.29, 1.82) is 0 Å². The van der Waals surface area contributed by atoms with Crippen molar-refractivity contribution in [3.8, 4) is 0 Å². The Bertz CT molecular complexity index is 104. The third kappa shape index (κ3) is 12.3. The van der Waals surface area contributed by atoms with Gasteiger partial charge in [0.2, 0.25) is 0 Å². The predicted molar refractivity (Wildman–Crippen MR) is 69.0 cm³/mol. The molecule has 0 heterocycles. The highest BCUT2D eigenvalue weighted by Crippen LogP contribution is 2.10. The quantitative estimate of drug-likeness (QED) is 0.563. The second-order valence-electron chi connectivity index (χ2n) is 4.17. The summed E-state index contributed by atoms with van der Waals surface area (Å²) in [7, 11) is 0. The van der Waals surface area contributed by atoms with Crippen molar-refractivity contribution in [1.82, 2.24) is 0 Å². The summed E-state index contributed by atoms with van der Waals surface area (Å²) in [5.74, 6) is 2.42. The Hall–Kier alpha value is 0.310. The molecule has 1 atom stereocenters. The van der Waals surface area contributed by atoms with Crippen LogP contribution in [0, 0.1) is 0 Å². The van der Waals surface area contributed by atoms with Gasteiger partial charge in [-0.2, -0.15) is 11.8 Å². The summed E-state index contributed by atoms with van der Waals surface area (Å²) in [6.45, 7) is 4.35. The first kappa shape index (κ1) is 14.3. The van der Waals surface area contributed by atoms with Gasteiger partial charge in [-0.15, -0.1) is 0 Å². The van der Waals surface area contributed by atoms with Gasteiger partial charge in [0.25, 0.3) is 0 Å². The Kier molecular flexibility index (Phi) is 11.6. The minimum absolute atomic E-state index is 0.365. The van der Waals surface area contributed by atoms with E-state index in [1.54, 1.807) is 0 Å². The van der Waals surface area contributed by atoms with Crippen LogP contribution in [0.4, 0.5) is 0 Å². The fourth-order valence-corrected chi connectivity index (χ4v) is 2.38. The third-order valence-electron chi connectivity index (χ3n) is 2.27. The van der Waals surface area contributed by atoms with Crippen LogP contribution in [0.25, 0.3) is 0 Å². The van der Waals surface area contributed by atoms with Gasteiger partial charge in [0.05, 0.1) is 0 Å². The zero-order valence-electron chi connectivity index (χ0n) is 9.93. The van der Waals surface area contributed by atoms with Crippen LogP contribution >= 0.6 is 11.8 Å². The van der Waals surface area contributed by atoms with Gasteiger partial charge < -0.3 is 5.73 Å². The summed E-state index contributed by atoms with van der Waals surface area (Å²) in [5, 5.41) is 0. The molecule has 0 aliphatic heterocycles. The maximum atomic E-state index is 5.67. The number of unbranched alkanes of at least 4 members (excludes halogenated alkanes) is 6. The molecule has 0 spiro atoms. The smallest absolute Gasteiger partial charge is 0.0101 e. The Labute approximate surface area is 94.2 Å². The van der Waals surface area contributed by atoms with Crippen LogP contribution < -0.4 is 5.73 Å². The number of nitrogens with two attached hydrogens (primary N) is 1. The maximum absolute atomic E-state index is 5.67. The number of rotatable bonds is 10. The van der Waals surface area contributed by atoms with Crippen molar-refractivity contribution in [3.63, 3.8) is 0 Å². The van der Waals surface area contributed by atoms with E-state index in [2.05, 4.69) is 13.8 Å². The van der Waals surface area contributed by atoms with E-state index in [1.165, 1.54) is 50.7 Å². The van der Waals surface area contributed by atoms with E-state index < -0.39 is 0 Å². The highest BCUT2D eigenvalue weighted by Gasteiger charge is 1.94. The molecule has 0 radical (unpaired) electrons. The van der Waals surface area contributed by atoms with Crippen molar-refractivity contribution < 1.29 is 0 Å². The van der Waals surface area contributed by atoms with Gasteiger partial charge in [0.15, 0.2) is 0 Å². The Morgan fingerprint density at radius 3 is 2.14 bits per heavy atom. The van der Waals surface area contributed by atoms with Gasteiger partial charge in [-0.05, 0) is 19.1 Å². The van der Waals surface area contributed by atoms with E-state index in [0.29, 0.717) is 6.04 Å². The van der Waals surface area contributed by atoms with E-state index in [-0.39, 0.29) is 0 Å². The Morgan fingerprint density at radius 1 is 1.00 bits per heavy atom. The lowest BCUT2D eigenvalue weighted by molar-refractivity contribution is 0.603. The van der Waals surface area contributed by atoms with Crippen molar-refractivity contribution in [3.05, 3.63) is 0 Å². The van der Waals surface area contributed by atoms with Gasteiger partial charge in [-0.3, -0.25) is 0 Å². The molecular formula is C12H27NS. The highest BCUT2D eigenvalue weighted by atomic mass is 32.2. The van der Waals surface area contributed by atoms with Crippen molar-refractivity contribution in [2.24, 2.45) is 5.73 Å². The van der Waals surface area contributed by atoms with Crippen molar-refractivity contribution in [2.45, 2.75) is 64.8 Å². The normalized spacial score (nSPS) is 13.1. The topological polar surface area (TPSA) is 26.0 Å². The second-order valence-corrected chi connectivity index (χ2v) is 5.32. The van der Waals surface area contributed by atoms with Crippen LogP contribution in [-0.4, -0.2) is 17.5 Å². The summed E-state index contributed by atoms with van der Waals surface area (Å²) in [5.41, 5.74) is 5.67. The molecule has 2 N–H and O–H groups in total. The summed E-state index contributed by atoms with van der Waals surface area (Å²) < 4.78 is 0. The Balaban J connectivity index is 2.85. The van der Waals surface area contributed by atoms with Crippen LogP contribution in [0.2, 0.25) is 0 Å². The lowest BCUT2D eigenvalue weighted by Crippen LogP contribution is -2.17. The van der Waals surface area contributed by atoms with E-state index in [9.17, 15) is 0 Å². The molecule has 0 saturated carbocycles. The monoisotopic (exact) mass is 217 g/mol. The molecule has 0 rings (SSSR count). The molecule has 0 aromatic rings. The fourth-order valence-electron chi connectivity index (χ4n) is 1.43. The zero-order chi connectivity index (χ0) is 10.6. The first-order valence-corrected chi connectivity index (χ1v) is 7.26. The molecule has 1 unspecified atom stereocenters. The average Bonchev–Trinajstić information content (AvgIpc) is 2.15. The van der Waals surface area contributed by atoms with E-state index in [0.717, 1.165) is 5.75 Å². The summed E-state index contributed by atoms with van der Waals surface area (Å²) in [4.78, 5) is 0. The molecule has 1 nitrogen and oxygen atoms in total. The first-order valence-electron chi connectivity index (χ1n) is 6.10. The molecule has 0 aliphatic carbocycles. The van der Waals surface area contributed by atoms with Gasteiger partial charge in [-0.1, -0.05) is 45.4 Å². The standard InChI is InChI=1S/C12H27NS/c1-3-4-5-6-7-8-9-10-14-11-12(2)13/h12H,3-11,13H2,1-2H3. The molecule has 0 aliphatic rings. The van der Waals surface area contributed by atoms with E-state index in [1.807, 2.05) is 11.8 Å². The molecule has 86 valence electrons. The molecule has 2 heteroatoms. The average molecular weight is 217 g/mol. The first-order chi connectivity index (χ1) is 6.77. The summed E-state index contributed by atoms with van der Waals surface area (Å²) in [6, 6.07) is 0.365. The van der Waals surface area contributed by atoms with Crippen molar-refractivity contribution >= 4 is 11.8 Å². The number of hydrogen-bond donors (Lipinski definition) is 1. The van der Waals surface area contributed by atoms with Crippen LogP contribution in [0.15, 0.2) is 0 Å². The minimum atomic E-state index is 0.365. The van der Waals surface area contributed by atoms with Crippen molar-refractivity contribution in [2.75, 3.05) is 11.5 Å². The van der Waals surface area contributed by atoms with Gasteiger partial charge in [0.1, 0.15) is 0 Å². The van der Waals surface area contributed by atoms with E-state index >= 15 is 0 Å². The number of hydrogen-bond acceptors (Lipinski definition) is 2. The summed E-state index contributed by atoms with van der Waals surface area (Å²) in [6.07, 6.45) is 9.86. The van der Waals surface area contributed by atoms with E-state index in [4.69, 9.17) is 5.73 Å².